The lowest BCUT2D eigenvalue weighted by Crippen LogP contribution is -2.39. The summed E-state index contributed by atoms with van der Waals surface area (Å²) in [6.07, 6.45) is 0. The lowest BCUT2D eigenvalue weighted by Gasteiger charge is -2.25. The lowest BCUT2D eigenvalue weighted by atomic mass is 10.1. The minimum atomic E-state index is -0.0371. The molecule has 0 spiro atoms. The molecule has 0 radical (unpaired) electrons. The Hall–Kier alpha value is -1.96. The molecule has 1 aromatic carbocycles. The molecule has 8 heteroatoms. The highest BCUT2D eigenvalue weighted by molar-refractivity contribution is 7.22. The van der Waals surface area contributed by atoms with Gasteiger partial charge in [0.2, 0.25) is 0 Å². The van der Waals surface area contributed by atoms with Crippen LogP contribution >= 0.6 is 23.7 Å². The Morgan fingerprint density at radius 1 is 1.10 bits per heavy atom. The first-order chi connectivity index (χ1) is 14.2. The number of likely N-dealkylation sites (N-methyl/N-ethyl adjacent to an activating group) is 1. The fourth-order valence-electron chi connectivity index (χ4n) is 3.75. The normalized spacial score (nSPS) is 11.4. The van der Waals surface area contributed by atoms with Crippen molar-refractivity contribution in [1.29, 1.82) is 0 Å². The van der Waals surface area contributed by atoms with Gasteiger partial charge < -0.3 is 4.90 Å². The van der Waals surface area contributed by atoms with E-state index in [1.54, 1.807) is 11.3 Å². The Bertz CT molecular complexity index is 1040. The minimum Gasteiger partial charge on any atom is -0.302 e. The number of halogens is 1. The number of hydrogen-bond donors (Lipinski definition) is 0. The maximum absolute atomic E-state index is 13.7. The molecule has 2 aromatic heterocycles. The number of fused-ring (bicyclic) bond motifs is 1. The molecule has 0 aliphatic rings. The molecule has 0 aliphatic carbocycles. The minimum absolute atomic E-state index is 0. The second-order valence-corrected chi connectivity index (χ2v) is 9.13. The third-order valence-corrected chi connectivity index (χ3v) is 6.42. The zero-order valence-electron chi connectivity index (χ0n) is 19.6. The van der Waals surface area contributed by atoms with Crippen molar-refractivity contribution in [1.82, 2.24) is 19.7 Å². The van der Waals surface area contributed by atoms with E-state index in [0.717, 1.165) is 46.2 Å². The van der Waals surface area contributed by atoms with Gasteiger partial charge in [-0.3, -0.25) is 14.4 Å². The third-order valence-electron chi connectivity index (χ3n) is 5.40. The average molecular weight is 464 g/mol. The molecular formula is C23H34ClN5OS. The molecule has 170 valence electrons. The van der Waals surface area contributed by atoms with Crippen LogP contribution in [0.4, 0.5) is 5.13 Å². The predicted molar refractivity (Wildman–Crippen MR) is 133 cm³/mol. The van der Waals surface area contributed by atoms with Crippen LogP contribution in [0.1, 0.15) is 61.0 Å². The Balaban J connectivity index is 0.00000341. The highest BCUT2D eigenvalue weighted by Crippen LogP contribution is 2.32. The summed E-state index contributed by atoms with van der Waals surface area (Å²) in [5, 5.41) is 5.30. The largest absolute Gasteiger partial charge is 0.302 e. The van der Waals surface area contributed by atoms with Gasteiger partial charge in [-0.25, -0.2) is 4.98 Å². The summed E-state index contributed by atoms with van der Waals surface area (Å²) in [5.74, 6) is -0.0371. The topological polar surface area (TPSA) is 54.3 Å². The maximum Gasteiger partial charge on any atom is 0.278 e. The van der Waals surface area contributed by atoms with E-state index in [9.17, 15) is 4.79 Å². The Morgan fingerprint density at radius 2 is 1.77 bits per heavy atom. The van der Waals surface area contributed by atoms with Crippen molar-refractivity contribution in [3.05, 3.63) is 40.7 Å². The number of anilines is 1. The van der Waals surface area contributed by atoms with Gasteiger partial charge >= 0.3 is 0 Å². The molecular weight excluding hydrogens is 430 g/mol. The summed E-state index contributed by atoms with van der Waals surface area (Å²) >= 11 is 1.59. The van der Waals surface area contributed by atoms with Gasteiger partial charge in [0.05, 0.1) is 15.9 Å². The van der Waals surface area contributed by atoms with Gasteiger partial charge in [0.25, 0.3) is 5.91 Å². The monoisotopic (exact) mass is 463 g/mol. The average Bonchev–Trinajstić information content (AvgIpc) is 3.28. The van der Waals surface area contributed by atoms with Gasteiger partial charge in [0.1, 0.15) is 5.69 Å². The fourth-order valence-corrected chi connectivity index (χ4v) is 4.91. The first-order valence-corrected chi connectivity index (χ1v) is 11.5. The van der Waals surface area contributed by atoms with Gasteiger partial charge in [-0.2, -0.15) is 5.10 Å². The second-order valence-electron chi connectivity index (χ2n) is 8.12. The summed E-state index contributed by atoms with van der Waals surface area (Å²) < 4.78 is 2.95. The van der Waals surface area contributed by atoms with Crippen molar-refractivity contribution >= 4 is 45.0 Å². The maximum atomic E-state index is 13.7. The Labute approximate surface area is 195 Å². The van der Waals surface area contributed by atoms with Crippen LogP contribution in [-0.4, -0.2) is 51.8 Å². The molecule has 0 unspecified atom stereocenters. The number of hydrogen-bond acceptors (Lipinski definition) is 5. The summed E-state index contributed by atoms with van der Waals surface area (Å²) in [5.41, 5.74) is 4.81. The molecule has 3 aromatic rings. The molecule has 6 nitrogen and oxygen atoms in total. The van der Waals surface area contributed by atoms with E-state index < -0.39 is 0 Å². The van der Waals surface area contributed by atoms with Crippen molar-refractivity contribution in [2.24, 2.45) is 0 Å². The van der Waals surface area contributed by atoms with E-state index in [1.807, 2.05) is 36.4 Å². The molecule has 0 aliphatic heterocycles. The number of benzene rings is 1. The first-order valence-electron chi connectivity index (χ1n) is 10.7. The number of aryl methyl sites for hydroxylation is 3. The summed E-state index contributed by atoms with van der Waals surface area (Å²) in [6, 6.07) is 6.29. The van der Waals surface area contributed by atoms with E-state index in [1.165, 1.54) is 5.56 Å². The van der Waals surface area contributed by atoms with Crippen LogP contribution in [0.2, 0.25) is 0 Å². The van der Waals surface area contributed by atoms with Crippen LogP contribution in [-0.2, 0) is 0 Å². The summed E-state index contributed by atoms with van der Waals surface area (Å²) in [4.78, 5) is 22.8. The van der Waals surface area contributed by atoms with Crippen LogP contribution in [0.25, 0.3) is 10.2 Å². The van der Waals surface area contributed by atoms with Crippen LogP contribution in [0.15, 0.2) is 18.2 Å². The van der Waals surface area contributed by atoms with Crippen LogP contribution in [0.5, 0.6) is 0 Å². The summed E-state index contributed by atoms with van der Waals surface area (Å²) in [7, 11) is 0. The number of aromatic nitrogens is 3. The summed E-state index contributed by atoms with van der Waals surface area (Å²) in [6.45, 7) is 17.8. The molecule has 0 atom stereocenters. The number of nitrogens with zero attached hydrogens (tertiary/aromatic N) is 5. The van der Waals surface area contributed by atoms with E-state index in [-0.39, 0.29) is 24.4 Å². The molecule has 31 heavy (non-hydrogen) atoms. The van der Waals surface area contributed by atoms with E-state index in [4.69, 9.17) is 4.98 Å². The Morgan fingerprint density at radius 3 is 2.39 bits per heavy atom. The van der Waals surface area contributed by atoms with E-state index in [2.05, 4.69) is 49.8 Å². The van der Waals surface area contributed by atoms with Gasteiger partial charge in [0.15, 0.2) is 5.13 Å². The molecule has 0 saturated heterocycles. The highest BCUT2D eigenvalue weighted by atomic mass is 35.5. The molecule has 1 amide bonds. The molecule has 3 rings (SSSR count). The number of amides is 1. The third kappa shape index (κ3) is 5.45. The first kappa shape index (κ1) is 25.3. The Kier molecular flexibility index (Phi) is 8.63. The second kappa shape index (κ2) is 10.6. The lowest BCUT2D eigenvalue weighted by molar-refractivity contribution is 0.0971. The van der Waals surface area contributed by atoms with Crippen LogP contribution in [0.3, 0.4) is 0 Å². The molecule has 0 fully saturated rings. The van der Waals surface area contributed by atoms with Crippen molar-refractivity contribution in [2.75, 3.05) is 31.1 Å². The van der Waals surface area contributed by atoms with E-state index >= 15 is 0 Å². The molecule has 0 saturated carbocycles. The van der Waals surface area contributed by atoms with E-state index in [0.29, 0.717) is 12.2 Å². The predicted octanol–water partition coefficient (Wildman–Crippen LogP) is 5.41. The zero-order valence-corrected chi connectivity index (χ0v) is 21.2. The standard InChI is InChI=1S/C23H33N5OS.ClH/c1-8-26(9-2)10-11-27(22(29)19-14-18(7)25-28(19)15(3)4)23-24-21-17(6)12-16(5)13-20(21)30-23;/h12-15H,8-11H2,1-7H3;1H. The van der Waals surface area contributed by atoms with Gasteiger partial charge in [-0.15, -0.1) is 12.4 Å². The van der Waals surface area contributed by atoms with Crippen LogP contribution < -0.4 is 4.90 Å². The van der Waals surface area contributed by atoms with Crippen molar-refractivity contribution < 1.29 is 4.79 Å². The number of rotatable bonds is 8. The van der Waals surface area contributed by atoms with Gasteiger partial charge in [0, 0.05) is 19.1 Å². The van der Waals surface area contributed by atoms with Crippen LogP contribution in [0, 0.1) is 20.8 Å². The SMILES string of the molecule is CCN(CC)CCN(C(=O)c1cc(C)nn1C(C)C)c1nc2c(C)cc(C)cc2s1.Cl. The number of carbonyl (C=O) groups excluding carboxylic acids is 1. The zero-order chi connectivity index (χ0) is 22.0. The van der Waals surface area contributed by atoms with Crippen molar-refractivity contribution in [2.45, 2.75) is 54.5 Å². The molecule has 0 bridgehead atoms. The molecule has 0 N–H and O–H groups in total. The number of carbonyl (C=O) groups is 1. The quantitative estimate of drug-likeness (QED) is 0.448. The van der Waals surface area contributed by atoms with Gasteiger partial charge in [-0.05, 0) is 71.0 Å². The fraction of sp³-hybridized carbons (Fsp3) is 0.522. The number of thiazole rings is 1. The molecule has 2 heterocycles. The van der Waals surface area contributed by atoms with Crippen molar-refractivity contribution in [3.63, 3.8) is 0 Å². The highest BCUT2D eigenvalue weighted by Gasteiger charge is 2.26. The smallest absolute Gasteiger partial charge is 0.278 e. The van der Waals surface area contributed by atoms with Gasteiger partial charge in [-0.1, -0.05) is 31.3 Å². The van der Waals surface area contributed by atoms with Crippen molar-refractivity contribution in [3.8, 4) is 0 Å².